The van der Waals surface area contributed by atoms with E-state index in [2.05, 4.69) is 22.1 Å². The summed E-state index contributed by atoms with van der Waals surface area (Å²) < 4.78 is 5.82. The molecular weight excluding hydrogens is 290 g/mol. The molecule has 1 atom stereocenters. The number of carbonyl (C=O) groups excluding carboxylic acids is 1. The molecule has 23 heavy (non-hydrogen) atoms. The van der Waals surface area contributed by atoms with E-state index in [-0.39, 0.29) is 11.8 Å². The van der Waals surface area contributed by atoms with Gasteiger partial charge in [-0.25, -0.2) is 0 Å². The Morgan fingerprint density at radius 1 is 1.26 bits per heavy atom. The van der Waals surface area contributed by atoms with Crippen LogP contribution in [0.15, 0.2) is 28.7 Å². The van der Waals surface area contributed by atoms with Gasteiger partial charge in [0.2, 0.25) is 5.91 Å². The molecule has 1 saturated carbocycles. The van der Waals surface area contributed by atoms with E-state index >= 15 is 0 Å². The first-order valence-corrected chi connectivity index (χ1v) is 8.61. The molecule has 5 heteroatoms. The zero-order valence-corrected chi connectivity index (χ0v) is 13.5. The van der Waals surface area contributed by atoms with Gasteiger partial charge < -0.3 is 14.6 Å². The van der Waals surface area contributed by atoms with Crippen LogP contribution in [0.5, 0.6) is 0 Å². The maximum Gasteiger partial charge on any atom is 0.298 e. The highest BCUT2D eigenvalue weighted by atomic mass is 16.4. The van der Waals surface area contributed by atoms with E-state index in [0.717, 1.165) is 37.0 Å². The van der Waals surface area contributed by atoms with Crippen molar-refractivity contribution in [3.63, 3.8) is 0 Å². The fourth-order valence-electron chi connectivity index (χ4n) is 3.38. The number of hydrogen-bond acceptors (Lipinski definition) is 4. The number of benzene rings is 1. The van der Waals surface area contributed by atoms with Crippen molar-refractivity contribution in [3.05, 3.63) is 24.3 Å². The summed E-state index contributed by atoms with van der Waals surface area (Å²) in [5, 5.41) is 3.19. The number of nitrogens with zero attached hydrogens (tertiary/aromatic N) is 2. The SMILES string of the molecule is CC(NC(=O)C1CCN(c2nc3ccccc3o2)CC1)C1CC1. The van der Waals surface area contributed by atoms with Crippen molar-refractivity contribution in [2.45, 2.75) is 38.6 Å². The third-order valence-corrected chi connectivity index (χ3v) is 5.12. The Morgan fingerprint density at radius 3 is 2.70 bits per heavy atom. The Kier molecular flexibility index (Phi) is 3.71. The lowest BCUT2D eigenvalue weighted by Crippen LogP contribution is -2.43. The smallest absolute Gasteiger partial charge is 0.298 e. The standard InChI is InChI=1S/C18H23N3O2/c1-12(13-6-7-13)19-17(22)14-8-10-21(11-9-14)18-20-15-4-2-3-5-16(15)23-18/h2-5,12-14H,6-11H2,1H3,(H,19,22). The van der Waals surface area contributed by atoms with Gasteiger partial charge in [0.15, 0.2) is 5.58 Å². The molecule has 1 unspecified atom stereocenters. The summed E-state index contributed by atoms with van der Waals surface area (Å²) in [4.78, 5) is 19.0. The Morgan fingerprint density at radius 2 is 2.00 bits per heavy atom. The summed E-state index contributed by atoms with van der Waals surface area (Å²) in [7, 11) is 0. The summed E-state index contributed by atoms with van der Waals surface area (Å²) in [5.74, 6) is 1.05. The second kappa shape index (κ2) is 5.87. The van der Waals surface area contributed by atoms with Crippen molar-refractivity contribution in [2.24, 2.45) is 11.8 Å². The summed E-state index contributed by atoms with van der Waals surface area (Å²) in [6.45, 7) is 3.77. The van der Waals surface area contributed by atoms with E-state index in [9.17, 15) is 4.79 Å². The van der Waals surface area contributed by atoms with Gasteiger partial charge in [0, 0.05) is 25.0 Å². The van der Waals surface area contributed by atoms with Crippen LogP contribution >= 0.6 is 0 Å². The van der Waals surface area contributed by atoms with E-state index in [0.29, 0.717) is 18.0 Å². The summed E-state index contributed by atoms with van der Waals surface area (Å²) in [5.41, 5.74) is 1.71. The quantitative estimate of drug-likeness (QED) is 0.943. The van der Waals surface area contributed by atoms with Crippen molar-refractivity contribution in [3.8, 4) is 0 Å². The first-order chi connectivity index (χ1) is 11.2. The predicted molar refractivity (Wildman–Crippen MR) is 89.3 cm³/mol. The molecule has 5 nitrogen and oxygen atoms in total. The molecule has 1 aliphatic heterocycles. The van der Waals surface area contributed by atoms with Crippen LogP contribution in [0.2, 0.25) is 0 Å². The molecule has 1 aromatic carbocycles. The average molecular weight is 313 g/mol. The molecule has 2 fully saturated rings. The maximum atomic E-state index is 12.4. The molecule has 4 rings (SSSR count). The second-order valence-corrected chi connectivity index (χ2v) is 6.86. The number of fused-ring (bicyclic) bond motifs is 1. The Bertz CT molecular complexity index is 666. The molecule has 2 aromatic rings. The van der Waals surface area contributed by atoms with Gasteiger partial charge in [0.05, 0.1) is 0 Å². The fourth-order valence-corrected chi connectivity index (χ4v) is 3.38. The molecule has 1 aromatic heterocycles. The maximum absolute atomic E-state index is 12.4. The molecule has 122 valence electrons. The number of piperidine rings is 1. The number of para-hydroxylation sites is 2. The number of hydrogen-bond donors (Lipinski definition) is 1. The van der Waals surface area contributed by atoms with E-state index < -0.39 is 0 Å². The first-order valence-electron chi connectivity index (χ1n) is 8.61. The average Bonchev–Trinajstić information content (AvgIpc) is 3.34. The van der Waals surface area contributed by atoms with Gasteiger partial charge in [-0.3, -0.25) is 4.79 Å². The molecule has 0 radical (unpaired) electrons. The van der Waals surface area contributed by atoms with Gasteiger partial charge in [-0.2, -0.15) is 4.98 Å². The Balaban J connectivity index is 1.35. The highest BCUT2D eigenvalue weighted by molar-refractivity contribution is 5.79. The van der Waals surface area contributed by atoms with Crippen LogP contribution in [0.1, 0.15) is 32.6 Å². The summed E-state index contributed by atoms with van der Waals surface area (Å²) in [6, 6.07) is 8.82. The van der Waals surface area contributed by atoms with Crippen molar-refractivity contribution >= 4 is 23.0 Å². The predicted octanol–water partition coefficient (Wildman–Crippen LogP) is 2.96. The monoisotopic (exact) mass is 313 g/mol. The van der Waals surface area contributed by atoms with Crippen molar-refractivity contribution < 1.29 is 9.21 Å². The minimum atomic E-state index is 0.122. The lowest BCUT2D eigenvalue weighted by atomic mass is 9.95. The first kappa shape index (κ1) is 14.5. The van der Waals surface area contributed by atoms with Crippen molar-refractivity contribution in [1.82, 2.24) is 10.3 Å². The number of nitrogens with one attached hydrogen (secondary N) is 1. The Labute approximate surface area is 136 Å². The molecule has 1 saturated heterocycles. The van der Waals surface area contributed by atoms with Crippen LogP contribution in [-0.4, -0.2) is 30.0 Å². The molecule has 0 spiro atoms. The number of anilines is 1. The minimum Gasteiger partial charge on any atom is -0.423 e. The van der Waals surface area contributed by atoms with E-state index in [1.807, 2.05) is 24.3 Å². The molecule has 1 aliphatic carbocycles. The molecule has 0 bridgehead atoms. The van der Waals surface area contributed by atoms with Crippen LogP contribution in [-0.2, 0) is 4.79 Å². The second-order valence-electron chi connectivity index (χ2n) is 6.86. The largest absolute Gasteiger partial charge is 0.423 e. The van der Waals surface area contributed by atoms with Gasteiger partial charge in [-0.05, 0) is 50.7 Å². The van der Waals surface area contributed by atoms with Crippen molar-refractivity contribution in [2.75, 3.05) is 18.0 Å². The Hall–Kier alpha value is -2.04. The van der Waals surface area contributed by atoms with Gasteiger partial charge in [-0.1, -0.05) is 12.1 Å². The van der Waals surface area contributed by atoms with Gasteiger partial charge in [0.25, 0.3) is 6.01 Å². The lowest BCUT2D eigenvalue weighted by molar-refractivity contribution is -0.126. The van der Waals surface area contributed by atoms with Crippen LogP contribution in [0.3, 0.4) is 0 Å². The van der Waals surface area contributed by atoms with E-state index in [1.165, 1.54) is 12.8 Å². The third-order valence-electron chi connectivity index (χ3n) is 5.12. The molecular formula is C18H23N3O2. The van der Waals surface area contributed by atoms with Gasteiger partial charge in [-0.15, -0.1) is 0 Å². The molecule has 1 N–H and O–H groups in total. The fraction of sp³-hybridized carbons (Fsp3) is 0.556. The van der Waals surface area contributed by atoms with Gasteiger partial charge in [0.1, 0.15) is 5.52 Å². The van der Waals surface area contributed by atoms with Gasteiger partial charge >= 0.3 is 0 Å². The topological polar surface area (TPSA) is 58.4 Å². The zero-order valence-electron chi connectivity index (χ0n) is 13.5. The normalized spacial score (nSPS) is 20.7. The highest BCUT2D eigenvalue weighted by Gasteiger charge is 2.32. The zero-order chi connectivity index (χ0) is 15.8. The third kappa shape index (κ3) is 3.05. The van der Waals surface area contributed by atoms with Crippen LogP contribution in [0.4, 0.5) is 6.01 Å². The molecule has 1 amide bonds. The summed E-state index contributed by atoms with van der Waals surface area (Å²) >= 11 is 0. The number of amides is 1. The lowest BCUT2D eigenvalue weighted by Gasteiger charge is -2.30. The number of aromatic nitrogens is 1. The number of carbonyl (C=O) groups is 1. The van der Waals surface area contributed by atoms with E-state index in [4.69, 9.17) is 4.42 Å². The highest BCUT2D eigenvalue weighted by Crippen LogP contribution is 2.33. The van der Waals surface area contributed by atoms with Crippen LogP contribution < -0.4 is 10.2 Å². The van der Waals surface area contributed by atoms with E-state index in [1.54, 1.807) is 0 Å². The molecule has 2 heterocycles. The number of rotatable bonds is 4. The number of oxazole rings is 1. The minimum absolute atomic E-state index is 0.122. The molecule has 2 aliphatic rings. The van der Waals surface area contributed by atoms with Crippen LogP contribution in [0, 0.1) is 11.8 Å². The summed E-state index contributed by atoms with van der Waals surface area (Å²) in [6.07, 6.45) is 4.25. The van der Waals surface area contributed by atoms with Crippen molar-refractivity contribution in [1.29, 1.82) is 0 Å². The van der Waals surface area contributed by atoms with Crippen LogP contribution in [0.25, 0.3) is 11.1 Å².